The molecule has 1 unspecified atom stereocenters. The Bertz CT molecular complexity index is 593. The van der Waals surface area contributed by atoms with Crippen LogP contribution in [0.5, 0.6) is 0 Å². The highest BCUT2D eigenvalue weighted by atomic mass is 32.2. The molecule has 0 N–H and O–H groups in total. The summed E-state index contributed by atoms with van der Waals surface area (Å²) in [6.07, 6.45) is 4.68. The molecule has 130 valence electrons. The van der Waals surface area contributed by atoms with Crippen molar-refractivity contribution in [3.8, 4) is 0 Å². The second kappa shape index (κ2) is 5.75. The molecule has 4 aliphatic carbocycles. The van der Waals surface area contributed by atoms with Crippen molar-refractivity contribution in [2.45, 2.75) is 55.0 Å². The number of carbonyl (C=O) groups excluding carboxylic acids is 1. The number of carbonyl (C=O) groups is 1. The van der Waals surface area contributed by atoms with Gasteiger partial charge in [-0.05, 0) is 73.8 Å². The third-order valence-corrected chi connectivity index (χ3v) is 7.47. The van der Waals surface area contributed by atoms with Gasteiger partial charge in [-0.15, -0.1) is 0 Å². The van der Waals surface area contributed by atoms with Gasteiger partial charge in [0.25, 0.3) is 0 Å². The Morgan fingerprint density at radius 3 is 2.12 bits per heavy atom. The van der Waals surface area contributed by atoms with E-state index in [-0.39, 0.29) is 10.7 Å². The van der Waals surface area contributed by atoms with Crippen molar-refractivity contribution < 1.29 is 18.0 Å². The molecule has 0 spiro atoms. The Morgan fingerprint density at radius 1 is 1.12 bits per heavy atom. The number of thioether (sulfide) groups is 1. The molecule has 4 bridgehead atoms. The van der Waals surface area contributed by atoms with Gasteiger partial charge in [-0.25, -0.2) is 4.98 Å². The fraction of sp³-hybridized carbons (Fsp3) is 0.667. The normalized spacial score (nSPS) is 35.9. The smallest absolute Gasteiger partial charge is 0.302 e. The van der Waals surface area contributed by atoms with Crippen LogP contribution in [0.3, 0.4) is 0 Å². The highest BCUT2D eigenvalue weighted by Gasteiger charge is 2.54. The molecule has 0 amide bonds. The summed E-state index contributed by atoms with van der Waals surface area (Å²) in [5.74, 6) is 2.21. The molecule has 1 aromatic heterocycles. The van der Waals surface area contributed by atoms with Gasteiger partial charge in [0, 0.05) is 6.20 Å². The van der Waals surface area contributed by atoms with Crippen molar-refractivity contribution in [2.75, 3.05) is 0 Å². The minimum atomic E-state index is -4.37. The first kappa shape index (κ1) is 16.4. The van der Waals surface area contributed by atoms with Crippen LogP contribution >= 0.6 is 11.8 Å². The van der Waals surface area contributed by atoms with Crippen molar-refractivity contribution in [1.82, 2.24) is 4.98 Å². The first-order chi connectivity index (χ1) is 11.4. The number of alkyl halides is 3. The molecule has 1 heterocycles. The predicted molar refractivity (Wildman–Crippen MR) is 85.6 cm³/mol. The van der Waals surface area contributed by atoms with E-state index in [0.29, 0.717) is 5.03 Å². The third kappa shape index (κ3) is 2.87. The van der Waals surface area contributed by atoms with Crippen LogP contribution in [0.15, 0.2) is 23.4 Å². The van der Waals surface area contributed by atoms with Gasteiger partial charge in [-0.2, -0.15) is 13.2 Å². The van der Waals surface area contributed by atoms with Gasteiger partial charge in [-0.1, -0.05) is 11.8 Å². The Balaban J connectivity index is 1.53. The summed E-state index contributed by atoms with van der Waals surface area (Å²) in [4.78, 5) is 15.8. The number of rotatable bonds is 4. The number of halogens is 3. The van der Waals surface area contributed by atoms with Crippen LogP contribution in [-0.2, 0) is 11.0 Å². The molecule has 4 saturated carbocycles. The van der Waals surface area contributed by atoms with Gasteiger partial charge in [-0.3, -0.25) is 0 Å². The summed E-state index contributed by atoms with van der Waals surface area (Å²) < 4.78 is 38.0. The molecule has 5 rings (SSSR count). The molecule has 0 radical (unpaired) electrons. The highest BCUT2D eigenvalue weighted by molar-refractivity contribution is 8.00. The first-order valence-electron chi connectivity index (χ1n) is 8.53. The molecule has 0 aromatic carbocycles. The number of nitrogens with zero attached hydrogens (tertiary/aromatic N) is 1. The van der Waals surface area contributed by atoms with Gasteiger partial charge < -0.3 is 4.79 Å². The predicted octanol–water partition coefficient (Wildman–Crippen LogP) is 4.98. The maximum atomic E-state index is 12.7. The Labute approximate surface area is 143 Å². The van der Waals surface area contributed by atoms with E-state index in [0.717, 1.165) is 55.6 Å². The summed E-state index contributed by atoms with van der Waals surface area (Å²) in [5.41, 5.74) is -0.713. The zero-order valence-electron chi connectivity index (χ0n) is 13.3. The topological polar surface area (TPSA) is 30.0 Å². The average Bonchev–Trinajstić information content (AvgIpc) is 2.50. The fourth-order valence-electron chi connectivity index (χ4n) is 5.57. The number of aldehydes is 1. The van der Waals surface area contributed by atoms with Crippen LogP contribution in [0.4, 0.5) is 13.2 Å². The molecule has 6 heteroatoms. The van der Waals surface area contributed by atoms with Crippen LogP contribution in [0.25, 0.3) is 0 Å². The molecule has 4 fully saturated rings. The maximum Gasteiger partial charge on any atom is 0.417 e. The number of aromatic nitrogens is 1. The van der Waals surface area contributed by atoms with Gasteiger partial charge in [0.05, 0.1) is 15.8 Å². The molecule has 1 atom stereocenters. The SMILES string of the molecule is O=CC(Sc1ccc(C(F)(F)F)cn1)C12CC3CC(CC(C3)C1)C2. The molecule has 0 aliphatic heterocycles. The Hall–Kier alpha value is -1.04. The maximum absolute atomic E-state index is 12.7. The molecular weight excluding hydrogens is 335 g/mol. The highest BCUT2D eigenvalue weighted by Crippen LogP contribution is 2.63. The quantitative estimate of drug-likeness (QED) is 0.564. The van der Waals surface area contributed by atoms with Crippen molar-refractivity contribution in [3.05, 3.63) is 23.9 Å². The van der Waals surface area contributed by atoms with Crippen LogP contribution in [0, 0.1) is 23.2 Å². The molecule has 0 saturated heterocycles. The van der Waals surface area contributed by atoms with Crippen LogP contribution in [-0.4, -0.2) is 16.5 Å². The van der Waals surface area contributed by atoms with Crippen molar-refractivity contribution in [3.63, 3.8) is 0 Å². The Kier molecular flexibility index (Phi) is 3.94. The minimum absolute atomic E-state index is 0.0333. The van der Waals surface area contributed by atoms with Crippen molar-refractivity contribution >= 4 is 18.0 Å². The van der Waals surface area contributed by atoms with E-state index in [1.807, 2.05) is 0 Å². The van der Waals surface area contributed by atoms with Crippen molar-refractivity contribution in [1.29, 1.82) is 0 Å². The largest absolute Gasteiger partial charge is 0.417 e. The number of hydrogen-bond acceptors (Lipinski definition) is 3. The van der Waals surface area contributed by atoms with Gasteiger partial charge in [0.1, 0.15) is 6.29 Å². The molecule has 4 aliphatic rings. The van der Waals surface area contributed by atoms with Crippen molar-refractivity contribution in [2.24, 2.45) is 23.2 Å². The number of hydrogen-bond donors (Lipinski definition) is 0. The van der Waals surface area contributed by atoms with Crippen LogP contribution in [0.2, 0.25) is 0 Å². The molecule has 1 aromatic rings. The summed E-state index contributed by atoms with van der Waals surface area (Å²) >= 11 is 1.35. The summed E-state index contributed by atoms with van der Waals surface area (Å²) in [6, 6.07) is 2.45. The number of pyridine rings is 1. The standard InChI is InChI=1S/C18H20F3NOS/c19-18(20,21)14-1-2-16(22-9-14)24-15(10-23)17-6-11-3-12(7-17)5-13(4-11)8-17/h1-2,9-13,15H,3-8H2. The van der Waals surface area contributed by atoms with E-state index in [4.69, 9.17) is 0 Å². The summed E-state index contributed by atoms with van der Waals surface area (Å²) in [7, 11) is 0. The molecule has 24 heavy (non-hydrogen) atoms. The minimum Gasteiger partial charge on any atom is -0.302 e. The van der Waals surface area contributed by atoms with E-state index < -0.39 is 11.7 Å². The fourth-order valence-corrected chi connectivity index (χ4v) is 6.69. The van der Waals surface area contributed by atoms with Crippen LogP contribution < -0.4 is 0 Å². The lowest BCUT2D eigenvalue weighted by Gasteiger charge is -2.58. The second-order valence-electron chi connectivity index (χ2n) is 7.84. The lowest BCUT2D eigenvalue weighted by atomic mass is 9.49. The summed E-state index contributed by atoms with van der Waals surface area (Å²) in [5, 5.41) is 0.311. The van der Waals surface area contributed by atoms with E-state index in [1.165, 1.54) is 37.1 Å². The molecule has 2 nitrogen and oxygen atoms in total. The third-order valence-electron chi connectivity index (χ3n) is 6.12. The lowest BCUT2D eigenvalue weighted by molar-refractivity contribution is -0.137. The molecular formula is C18H20F3NOS. The Morgan fingerprint density at radius 2 is 1.71 bits per heavy atom. The second-order valence-corrected chi connectivity index (χ2v) is 9.00. The lowest BCUT2D eigenvalue weighted by Crippen LogP contribution is -2.51. The zero-order chi connectivity index (χ0) is 16.9. The van der Waals surface area contributed by atoms with E-state index in [2.05, 4.69) is 4.98 Å². The monoisotopic (exact) mass is 355 g/mol. The van der Waals surface area contributed by atoms with Gasteiger partial charge in [0.2, 0.25) is 0 Å². The van der Waals surface area contributed by atoms with Crippen LogP contribution in [0.1, 0.15) is 44.1 Å². The average molecular weight is 355 g/mol. The first-order valence-corrected chi connectivity index (χ1v) is 9.41. The van der Waals surface area contributed by atoms with E-state index in [1.54, 1.807) is 0 Å². The summed E-state index contributed by atoms with van der Waals surface area (Å²) in [6.45, 7) is 0. The van der Waals surface area contributed by atoms with Gasteiger partial charge in [0.15, 0.2) is 0 Å². The van der Waals surface area contributed by atoms with E-state index in [9.17, 15) is 18.0 Å². The zero-order valence-corrected chi connectivity index (χ0v) is 14.1. The van der Waals surface area contributed by atoms with Gasteiger partial charge >= 0.3 is 6.18 Å². The van der Waals surface area contributed by atoms with E-state index >= 15 is 0 Å².